The van der Waals surface area contributed by atoms with Crippen LogP contribution in [0.3, 0.4) is 0 Å². The number of para-hydroxylation sites is 1. The summed E-state index contributed by atoms with van der Waals surface area (Å²) in [7, 11) is 1.91. The first-order chi connectivity index (χ1) is 8.88. The summed E-state index contributed by atoms with van der Waals surface area (Å²) in [5.41, 5.74) is 1.04. The molecule has 0 saturated heterocycles. The molecule has 5 heteroatoms. The van der Waals surface area contributed by atoms with Gasteiger partial charge in [0.2, 0.25) is 5.88 Å². The zero-order chi connectivity index (χ0) is 12.4. The number of aromatic nitrogens is 2. The lowest BCUT2D eigenvalue weighted by molar-refractivity contribution is 0.457. The molecule has 1 N–H and O–H groups in total. The van der Waals surface area contributed by atoms with E-state index in [1.54, 1.807) is 11.3 Å². The summed E-state index contributed by atoms with van der Waals surface area (Å²) in [4.78, 5) is 5.46. The Morgan fingerprint density at radius 2 is 2.17 bits per heavy atom. The molecule has 2 heterocycles. The molecule has 0 spiro atoms. The minimum Gasteiger partial charge on any atom is -0.437 e. The number of fused-ring (bicyclic) bond motifs is 1. The molecule has 0 bridgehead atoms. The number of nitrogens with zero attached hydrogens (tertiary/aromatic N) is 2. The van der Waals surface area contributed by atoms with E-state index in [0.29, 0.717) is 5.88 Å². The van der Waals surface area contributed by atoms with Gasteiger partial charge < -0.3 is 10.1 Å². The predicted octanol–water partition coefficient (Wildman–Crippen LogP) is 2.91. The maximum atomic E-state index is 5.84. The molecular weight excluding hydrogens is 246 g/mol. The Labute approximate surface area is 109 Å². The van der Waals surface area contributed by atoms with Gasteiger partial charge in [-0.2, -0.15) is 4.98 Å². The van der Waals surface area contributed by atoms with E-state index in [1.165, 1.54) is 0 Å². The molecular formula is C13H13N3OS. The van der Waals surface area contributed by atoms with Crippen LogP contribution in [0.15, 0.2) is 41.9 Å². The molecule has 2 aromatic heterocycles. The minimum absolute atomic E-state index is 0.669. The fourth-order valence-corrected chi connectivity index (χ4v) is 2.55. The minimum atomic E-state index is 0.669. The zero-order valence-electron chi connectivity index (χ0n) is 9.96. The molecule has 0 atom stereocenters. The number of thiazole rings is 1. The standard InChI is InChI=1S/C13H13N3OS/c1-14-9-11-12(15-13-16(11)7-8-18-13)17-10-5-3-2-4-6-10/h2-8,14H,9H2,1H3. The summed E-state index contributed by atoms with van der Waals surface area (Å²) in [6, 6.07) is 9.72. The van der Waals surface area contributed by atoms with E-state index in [1.807, 2.05) is 49.0 Å². The molecule has 3 aromatic rings. The van der Waals surface area contributed by atoms with Crippen LogP contribution in [0.4, 0.5) is 0 Å². The van der Waals surface area contributed by atoms with Crippen molar-refractivity contribution in [3.05, 3.63) is 47.6 Å². The second kappa shape index (κ2) is 4.80. The van der Waals surface area contributed by atoms with Crippen LogP contribution in [0.1, 0.15) is 5.69 Å². The summed E-state index contributed by atoms with van der Waals surface area (Å²) >= 11 is 1.60. The van der Waals surface area contributed by atoms with Gasteiger partial charge in [-0.3, -0.25) is 4.40 Å². The number of imidazole rings is 1. The molecule has 0 aliphatic rings. The van der Waals surface area contributed by atoms with Crippen LogP contribution in [0, 0.1) is 0 Å². The summed E-state index contributed by atoms with van der Waals surface area (Å²) in [6.45, 7) is 0.722. The summed E-state index contributed by atoms with van der Waals surface area (Å²) in [5, 5.41) is 5.16. The van der Waals surface area contributed by atoms with E-state index in [-0.39, 0.29) is 0 Å². The van der Waals surface area contributed by atoms with Crippen LogP contribution in [-0.4, -0.2) is 16.4 Å². The van der Waals surface area contributed by atoms with Crippen molar-refractivity contribution < 1.29 is 4.74 Å². The summed E-state index contributed by atoms with van der Waals surface area (Å²) in [6.07, 6.45) is 2.01. The monoisotopic (exact) mass is 259 g/mol. The number of ether oxygens (including phenoxy) is 1. The third kappa shape index (κ3) is 1.98. The van der Waals surface area contributed by atoms with Gasteiger partial charge in [0.25, 0.3) is 0 Å². The average Bonchev–Trinajstić information content (AvgIpc) is 2.95. The summed E-state index contributed by atoms with van der Waals surface area (Å²) < 4.78 is 7.90. The van der Waals surface area contributed by atoms with Gasteiger partial charge in [-0.15, -0.1) is 11.3 Å². The lowest BCUT2D eigenvalue weighted by atomic mass is 10.3. The topological polar surface area (TPSA) is 38.6 Å². The Balaban J connectivity index is 2.00. The van der Waals surface area contributed by atoms with E-state index in [0.717, 1.165) is 22.9 Å². The Hall–Kier alpha value is -1.85. The van der Waals surface area contributed by atoms with Crippen LogP contribution in [-0.2, 0) is 6.54 Å². The first kappa shape index (κ1) is 11.3. The molecule has 18 heavy (non-hydrogen) atoms. The molecule has 0 unspecified atom stereocenters. The van der Waals surface area contributed by atoms with Crippen LogP contribution in [0.2, 0.25) is 0 Å². The largest absolute Gasteiger partial charge is 0.437 e. The van der Waals surface area contributed by atoms with Crippen molar-refractivity contribution in [1.82, 2.24) is 14.7 Å². The van der Waals surface area contributed by atoms with Crippen LogP contribution >= 0.6 is 11.3 Å². The first-order valence-electron chi connectivity index (χ1n) is 5.70. The second-order valence-corrected chi connectivity index (χ2v) is 4.74. The highest BCUT2D eigenvalue weighted by Gasteiger charge is 2.14. The number of hydrogen-bond donors (Lipinski definition) is 1. The van der Waals surface area contributed by atoms with Crippen LogP contribution in [0.25, 0.3) is 4.96 Å². The van der Waals surface area contributed by atoms with Gasteiger partial charge in [0, 0.05) is 18.1 Å². The lowest BCUT2D eigenvalue weighted by Gasteiger charge is -2.05. The first-order valence-corrected chi connectivity index (χ1v) is 6.58. The highest BCUT2D eigenvalue weighted by molar-refractivity contribution is 7.15. The molecule has 0 aliphatic heterocycles. The molecule has 3 rings (SSSR count). The van der Waals surface area contributed by atoms with Crippen LogP contribution < -0.4 is 10.1 Å². The van der Waals surface area contributed by atoms with Gasteiger partial charge in [-0.25, -0.2) is 0 Å². The molecule has 0 saturated carbocycles. The van der Waals surface area contributed by atoms with E-state index < -0.39 is 0 Å². The highest BCUT2D eigenvalue weighted by atomic mass is 32.1. The maximum absolute atomic E-state index is 5.84. The highest BCUT2D eigenvalue weighted by Crippen LogP contribution is 2.27. The third-order valence-electron chi connectivity index (χ3n) is 2.63. The van der Waals surface area contributed by atoms with Gasteiger partial charge in [0.05, 0.1) is 0 Å². The SMILES string of the molecule is CNCc1c(Oc2ccccc2)nc2sccn12. The van der Waals surface area contributed by atoms with E-state index in [9.17, 15) is 0 Å². The Bertz CT molecular complexity index is 645. The molecule has 0 amide bonds. The molecule has 0 aliphatic carbocycles. The number of rotatable bonds is 4. The Kier molecular flexibility index (Phi) is 3.00. The van der Waals surface area contributed by atoms with Gasteiger partial charge in [-0.1, -0.05) is 18.2 Å². The fourth-order valence-electron chi connectivity index (χ4n) is 1.82. The smallest absolute Gasteiger partial charge is 0.243 e. The fraction of sp³-hybridized carbons (Fsp3) is 0.154. The van der Waals surface area contributed by atoms with Crippen molar-refractivity contribution in [1.29, 1.82) is 0 Å². The van der Waals surface area contributed by atoms with Crippen molar-refractivity contribution >= 4 is 16.3 Å². The van der Waals surface area contributed by atoms with Crippen LogP contribution in [0.5, 0.6) is 11.6 Å². The van der Waals surface area contributed by atoms with E-state index in [2.05, 4.69) is 14.7 Å². The van der Waals surface area contributed by atoms with Gasteiger partial charge in [0.1, 0.15) is 11.4 Å². The third-order valence-corrected chi connectivity index (χ3v) is 3.38. The number of nitrogens with one attached hydrogen (secondary N) is 1. The maximum Gasteiger partial charge on any atom is 0.243 e. The van der Waals surface area contributed by atoms with Gasteiger partial charge in [0.15, 0.2) is 4.96 Å². The Morgan fingerprint density at radius 3 is 2.94 bits per heavy atom. The average molecular weight is 259 g/mol. The summed E-state index contributed by atoms with van der Waals surface area (Å²) in [5.74, 6) is 1.48. The molecule has 1 aromatic carbocycles. The molecule has 0 fully saturated rings. The molecule has 0 radical (unpaired) electrons. The van der Waals surface area contributed by atoms with Crippen molar-refractivity contribution in [3.63, 3.8) is 0 Å². The lowest BCUT2D eigenvalue weighted by Crippen LogP contribution is -2.08. The zero-order valence-corrected chi connectivity index (χ0v) is 10.8. The normalized spacial score (nSPS) is 10.9. The van der Waals surface area contributed by atoms with Crippen molar-refractivity contribution in [2.24, 2.45) is 0 Å². The van der Waals surface area contributed by atoms with E-state index >= 15 is 0 Å². The Morgan fingerprint density at radius 1 is 1.33 bits per heavy atom. The quantitative estimate of drug-likeness (QED) is 0.783. The van der Waals surface area contributed by atoms with Crippen molar-refractivity contribution in [2.75, 3.05) is 7.05 Å². The van der Waals surface area contributed by atoms with Crippen molar-refractivity contribution in [2.45, 2.75) is 6.54 Å². The van der Waals surface area contributed by atoms with Gasteiger partial charge in [-0.05, 0) is 19.2 Å². The van der Waals surface area contributed by atoms with Crippen molar-refractivity contribution in [3.8, 4) is 11.6 Å². The molecule has 92 valence electrons. The second-order valence-electron chi connectivity index (χ2n) is 3.86. The number of hydrogen-bond acceptors (Lipinski definition) is 4. The molecule has 4 nitrogen and oxygen atoms in total. The van der Waals surface area contributed by atoms with E-state index in [4.69, 9.17) is 4.74 Å². The van der Waals surface area contributed by atoms with Gasteiger partial charge >= 0.3 is 0 Å². The predicted molar refractivity (Wildman–Crippen MR) is 72.3 cm³/mol. The number of benzene rings is 1.